The van der Waals surface area contributed by atoms with Crippen molar-refractivity contribution in [2.75, 3.05) is 0 Å². The van der Waals surface area contributed by atoms with E-state index >= 15 is 0 Å². The highest BCUT2D eigenvalue weighted by molar-refractivity contribution is 5.91. The maximum absolute atomic E-state index is 11.8. The van der Waals surface area contributed by atoms with Crippen LogP contribution in [0.15, 0.2) is 30.3 Å². The Morgan fingerprint density at radius 3 is 2.65 bits per heavy atom. The molecule has 108 valence electrons. The van der Waals surface area contributed by atoms with Crippen molar-refractivity contribution < 1.29 is 9.90 Å². The van der Waals surface area contributed by atoms with Crippen LogP contribution in [-0.2, 0) is 11.2 Å². The number of carbonyl (C=O) groups is 1. The number of hydrogen-bond donors (Lipinski definition) is 2. The van der Waals surface area contributed by atoms with Crippen LogP contribution in [0.25, 0.3) is 6.08 Å². The Labute approximate surface area is 120 Å². The second-order valence-corrected chi connectivity index (χ2v) is 5.40. The monoisotopic (exact) mass is 273 g/mol. The van der Waals surface area contributed by atoms with E-state index in [2.05, 4.69) is 24.4 Å². The second-order valence-electron chi connectivity index (χ2n) is 5.40. The third kappa shape index (κ3) is 4.20. The number of hydrogen-bond acceptors (Lipinski definition) is 2. The normalized spacial score (nSPS) is 22.9. The van der Waals surface area contributed by atoms with Gasteiger partial charge in [0.2, 0.25) is 5.91 Å². The molecule has 1 saturated carbocycles. The standard InChI is InChI=1S/C17H23NO2/c1-2-13-7-9-14(10-8-13)11-12-17(20)18-15-5-3-4-6-16(15)19/h7-12,15-16,19H,2-6H2,1H3,(H,18,20)/b12-11+/t15-,16-/m0/s1. The van der Waals surface area contributed by atoms with Gasteiger partial charge in [0.15, 0.2) is 0 Å². The molecule has 1 aromatic carbocycles. The highest BCUT2D eigenvalue weighted by Crippen LogP contribution is 2.18. The summed E-state index contributed by atoms with van der Waals surface area (Å²) in [6.45, 7) is 2.12. The number of benzene rings is 1. The molecule has 0 bridgehead atoms. The van der Waals surface area contributed by atoms with Gasteiger partial charge < -0.3 is 10.4 Å². The van der Waals surface area contributed by atoms with Crippen LogP contribution in [0.1, 0.15) is 43.7 Å². The topological polar surface area (TPSA) is 49.3 Å². The summed E-state index contributed by atoms with van der Waals surface area (Å²) in [5, 5.41) is 12.7. The molecule has 1 aromatic rings. The minimum Gasteiger partial charge on any atom is -0.391 e. The molecule has 0 unspecified atom stereocenters. The van der Waals surface area contributed by atoms with Crippen LogP contribution in [0, 0.1) is 0 Å². The number of aliphatic hydroxyl groups excluding tert-OH is 1. The van der Waals surface area contributed by atoms with Gasteiger partial charge in [0, 0.05) is 6.08 Å². The van der Waals surface area contributed by atoms with Crippen LogP contribution in [0.2, 0.25) is 0 Å². The molecule has 2 N–H and O–H groups in total. The molecule has 0 radical (unpaired) electrons. The molecule has 1 aliphatic rings. The van der Waals surface area contributed by atoms with Crippen molar-refractivity contribution >= 4 is 12.0 Å². The van der Waals surface area contributed by atoms with E-state index in [9.17, 15) is 9.90 Å². The molecule has 2 atom stereocenters. The van der Waals surface area contributed by atoms with Gasteiger partial charge in [-0.25, -0.2) is 0 Å². The van der Waals surface area contributed by atoms with Gasteiger partial charge in [0.1, 0.15) is 0 Å². The Morgan fingerprint density at radius 2 is 2.00 bits per heavy atom. The number of amides is 1. The van der Waals surface area contributed by atoms with Crippen LogP contribution < -0.4 is 5.32 Å². The third-order valence-electron chi connectivity index (χ3n) is 3.87. The number of aryl methyl sites for hydroxylation is 1. The fraction of sp³-hybridized carbons (Fsp3) is 0.471. The van der Waals surface area contributed by atoms with Gasteiger partial charge >= 0.3 is 0 Å². The summed E-state index contributed by atoms with van der Waals surface area (Å²) in [7, 11) is 0. The van der Waals surface area contributed by atoms with E-state index < -0.39 is 6.10 Å². The predicted octanol–water partition coefficient (Wildman–Crippen LogP) is 2.68. The highest BCUT2D eigenvalue weighted by atomic mass is 16.3. The number of nitrogens with one attached hydrogen (secondary N) is 1. The van der Waals surface area contributed by atoms with Crippen molar-refractivity contribution in [2.45, 2.75) is 51.2 Å². The van der Waals surface area contributed by atoms with E-state index in [0.717, 1.165) is 37.7 Å². The lowest BCUT2D eigenvalue weighted by Gasteiger charge is -2.27. The van der Waals surface area contributed by atoms with Gasteiger partial charge in [-0.1, -0.05) is 44.0 Å². The molecule has 0 saturated heterocycles. The molecule has 20 heavy (non-hydrogen) atoms. The maximum atomic E-state index is 11.8. The molecule has 0 aliphatic heterocycles. The van der Waals surface area contributed by atoms with Crippen molar-refractivity contribution in [3.05, 3.63) is 41.5 Å². The molecule has 0 spiro atoms. The molecule has 0 aromatic heterocycles. The van der Waals surface area contributed by atoms with Crippen LogP contribution in [0.4, 0.5) is 0 Å². The van der Waals surface area contributed by atoms with E-state index in [1.807, 2.05) is 18.2 Å². The third-order valence-corrected chi connectivity index (χ3v) is 3.87. The minimum atomic E-state index is -0.398. The highest BCUT2D eigenvalue weighted by Gasteiger charge is 2.23. The van der Waals surface area contributed by atoms with Crippen LogP contribution in [-0.4, -0.2) is 23.2 Å². The van der Waals surface area contributed by atoms with Crippen molar-refractivity contribution in [2.24, 2.45) is 0 Å². The summed E-state index contributed by atoms with van der Waals surface area (Å²) in [6.07, 6.45) is 7.75. The molecule has 1 fully saturated rings. The minimum absolute atomic E-state index is 0.0941. The number of aliphatic hydroxyl groups is 1. The van der Waals surface area contributed by atoms with E-state index in [1.54, 1.807) is 6.08 Å². The molecule has 1 amide bonds. The average Bonchev–Trinajstić information content (AvgIpc) is 2.48. The smallest absolute Gasteiger partial charge is 0.244 e. The largest absolute Gasteiger partial charge is 0.391 e. The number of carbonyl (C=O) groups excluding carboxylic acids is 1. The summed E-state index contributed by atoms with van der Waals surface area (Å²) in [5.41, 5.74) is 2.30. The Bertz CT molecular complexity index is 464. The van der Waals surface area contributed by atoms with Gasteiger partial charge in [-0.05, 0) is 36.5 Å². The Kier molecular flexibility index (Phi) is 5.36. The summed E-state index contributed by atoms with van der Waals surface area (Å²) in [4.78, 5) is 11.8. The van der Waals surface area contributed by atoms with Crippen LogP contribution in [0.5, 0.6) is 0 Å². The SMILES string of the molecule is CCc1ccc(/C=C/C(=O)N[C@H]2CCCC[C@@H]2O)cc1. The van der Waals surface area contributed by atoms with E-state index in [-0.39, 0.29) is 11.9 Å². The lowest BCUT2D eigenvalue weighted by atomic mass is 9.92. The van der Waals surface area contributed by atoms with E-state index in [1.165, 1.54) is 5.56 Å². The van der Waals surface area contributed by atoms with Gasteiger partial charge in [0.05, 0.1) is 12.1 Å². The lowest BCUT2D eigenvalue weighted by Crippen LogP contribution is -2.44. The van der Waals surface area contributed by atoms with Gasteiger partial charge in [-0.15, -0.1) is 0 Å². The first-order valence-electron chi connectivity index (χ1n) is 7.44. The average molecular weight is 273 g/mol. The van der Waals surface area contributed by atoms with E-state index in [4.69, 9.17) is 0 Å². The van der Waals surface area contributed by atoms with Crippen LogP contribution in [0.3, 0.4) is 0 Å². The Morgan fingerprint density at radius 1 is 1.30 bits per heavy atom. The molecule has 3 nitrogen and oxygen atoms in total. The summed E-state index contributed by atoms with van der Waals surface area (Å²) < 4.78 is 0. The molecule has 2 rings (SSSR count). The summed E-state index contributed by atoms with van der Waals surface area (Å²) >= 11 is 0. The molecule has 0 heterocycles. The van der Waals surface area contributed by atoms with Crippen molar-refractivity contribution in [1.29, 1.82) is 0 Å². The zero-order chi connectivity index (χ0) is 14.4. The fourth-order valence-electron chi connectivity index (χ4n) is 2.55. The van der Waals surface area contributed by atoms with Crippen molar-refractivity contribution in [1.82, 2.24) is 5.32 Å². The lowest BCUT2D eigenvalue weighted by molar-refractivity contribution is -0.118. The van der Waals surface area contributed by atoms with Crippen molar-refractivity contribution in [3.8, 4) is 0 Å². The molecule has 1 aliphatic carbocycles. The first-order valence-corrected chi connectivity index (χ1v) is 7.44. The van der Waals surface area contributed by atoms with Crippen LogP contribution >= 0.6 is 0 Å². The zero-order valence-electron chi connectivity index (χ0n) is 12.0. The molecular weight excluding hydrogens is 250 g/mol. The summed E-state index contributed by atoms with van der Waals surface area (Å²) in [5.74, 6) is -0.129. The first-order chi connectivity index (χ1) is 9.69. The maximum Gasteiger partial charge on any atom is 0.244 e. The first kappa shape index (κ1) is 14.8. The Hall–Kier alpha value is -1.61. The second kappa shape index (κ2) is 7.25. The van der Waals surface area contributed by atoms with E-state index in [0.29, 0.717) is 0 Å². The predicted molar refractivity (Wildman–Crippen MR) is 81.3 cm³/mol. The quantitative estimate of drug-likeness (QED) is 0.829. The Balaban J connectivity index is 1.87. The number of rotatable bonds is 4. The molecule has 3 heteroatoms. The van der Waals surface area contributed by atoms with Crippen molar-refractivity contribution in [3.63, 3.8) is 0 Å². The van der Waals surface area contributed by atoms with Gasteiger partial charge in [0.25, 0.3) is 0 Å². The zero-order valence-corrected chi connectivity index (χ0v) is 12.0. The van der Waals surface area contributed by atoms with Gasteiger partial charge in [-0.2, -0.15) is 0 Å². The fourth-order valence-corrected chi connectivity index (χ4v) is 2.55. The molecular formula is C17H23NO2. The van der Waals surface area contributed by atoms with Gasteiger partial charge in [-0.3, -0.25) is 4.79 Å². The summed E-state index contributed by atoms with van der Waals surface area (Å²) in [6, 6.07) is 8.07.